The van der Waals surface area contributed by atoms with Crippen LogP contribution in [0.1, 0.15) is 35.8 Å². The second-order valence-corrected chi connectivity index (χ2v) is 5.20. The Labute approximate surface area is 115 Å². The van der Waals surface area contributed by atoms with E-state index in [0.29, 0.717) is 10.2 Å². The van der Waals surface area contributed by atoms with Crippen molar-refractivity contribution in [3.63, 3.8) is 0 Å². The fourth-order valence-corrected chi connectivity index (χ4v) is 2.18. The van der Waals surface area contributed by atoms with Crippen LogP contribution in [0.25, 0.3) is 0 Å². The molecule has 6 heteroatoms. The predicted molar refractivity (Wildman–Crippen MR) is 71.4 cm³/mol. The molecule has 2 aromatic heterocycles. The minimum Gasteiger partial charge on any atom is -0.478 e. The van der Waals surface area contributed by atoms with Crippen LogP contribution in [0.2, 0.25) is 0 Å². The number of nitrogens with zero attached hydrogens (tertiary/aromatic N) is 3. The largest absolute Gasteiger partial charge is 0.478 e. The van der Waals surface area contributed by atoms with Gasteiger partial charge in [0.2, 0.25) is 0 Å². The number of pyridine rings is 1. The van der Waals surface area contributed by atoms with Crippen LogP contribution in [0.3, 0.4) is 0 Å². The molecule has 0 aliphatic rings. The van der Waals surface area contributed by atoms with Crippen LogP contribution < -0.4 is 0 Å². The molecule has 0 saturated heterocycles. The third-order valence-electron chi connectivity index (χ3n) is 2.40. The maximum atomic E-state index is 11.1. The Kier molecular flexibility index (Phi) is 4.11. The van der Waals surface area contributed by atoms with Gasteiger partial charge in [0, 0.05) is 18.1 Å². The lowest BCUT2D eigenvalue weighted by Crippen LogP contribution is -2.02. The smallest absolute Gasteiger partial charge is 0.335 e. The van der Waals surface area contributed by atoms with Gasteiger partial charge in [-0.15, -0.1) is 0 Å². The SMILES string of the molecule is CC(C)c1cc(C(=O)O)cc(Sc2ncccn2)n1. The Morgan fingerprint density at radius 2 is 1.95 bits per heavy atom. The summed E-state index contributed by atoms with van der Waals surface area (Å²) in [5.41, 5.74) is 0.982. The summed E-state index contributed by atoms with van der Waals surface area (Å²) in [4.78, 5) is 23.7. The average molecular weight is 275 g/mol. The highest BCUT2D eigenvalue weighted by Crippen LogP contribution is 2.25. The zero-order chi connectivity index (χ0) is 13.8. The summed E-state index contributed by atoms with van der Waals surface area (Å²) in [5, 5.41) is 10.3. The fourth-order valence-electron chi connectivity index (χ4n) is 1.43. The molecule has 5 nitrogen and oxygen atoms in total. The molecule has 2 aromatic rings. The summed E-state index contributed by atoms with van der Waals surface area (Å²) in [6.45, 7) is 3.95. The zero-order valence-electron chi connectivity index (χ0n) is 10.6. The summed E-state index contributed by atoms with van der Waals surface area (Å²) in [7, 11) is 0. The van der Waals surface area contributed by atoms with Crippen LogP contribution in [0, 0.1) is 0 Å². The lowest BCUT2D eigenvalue weighted by Gasteiger charge is -2.08. The first-order valence-corrected chi connectivity index (χ1v) is 6.58. The number of carbonyl (C=O) groups is 1. The van der Waals surface area contributed by atoms with Gasteiger partial charge in [-0.25, -0.2) is 19.7 Å². The molecule has 2 heterocycles. The number of carboxylic acids is 1. The molecule has 0 bridgehead atoms. The molecule has 0 aliphatic carbocycles. The number of hydrogen-bond acceptors (Lipinski definition) is 5. The van der Waals surface area contributed by atoms with Gasteiger partial charge in [-0.1, -0.05) is 13.8 Å². The topological polar surface area (TPSA) is 76.0 Å². The molecule has 0 radical (unpaired) electrons. The molecule has 19 heavy (non-hydrogen) atoms. The second-order valence-electron chi connectivity index (χ2n) is 4.21. The Morgan fingerprint density at radius 1 is 1.26 bits per heavy atom. The summed E-state index contributed by atoms with van der Waals surface area (Å²) in [6, 6.07) is 4.86. The lowest BCUT2D eigenvalue weighted by atomic mass is 10.1. The Hall–Kier alpha value is -1.95. The van der Waals surface area contributed by atoms with Gasteiger partial charge in [0.25, 0.3) is 0 Å². The molecular weight excluding hydrogens is 262 g/mol. The van der Waals surface area contributed by atoms with Gasteiger partial charge in [-0.2, -0.15) is 0 Å². The minimum atomic E-state index is -0.958. The van der Waals surface area contributed by atoms with E-state index in [0.717, 1.165) is 5.69 Å². The van der Waals surface area contributed by atoms with Gasteiger partial charge < -0.3 is 5.11 Å². The normalized spacial score (nSPS) is 10.7. The average Bonchev–Trinajstić information content (AvgIpc) is 2.39. The first-order chi connectivity index (χ1) is 9.06. The van der Waals surface area contributed by atoms with E-state index < -0.39 is 5.97 Å². The van der Waals surface area contributed by atoms with Gasteiger partial charge in [0.05, 0.1) is 5.56 Å². The summed E-state index contributed by atoms with van der Waals surface area (Å²) in [6.07, 6.45) is 3.28. The fraction of sp³-hybridized carbons (Fsp3) is 0.231. The molecule has 0 aromatic carbocycles. The number of aromatic nitrogens is 3. The molecule has 0 fully saturated rings. The first kappa shape index (κ1) is 13.5. The van der Waals surface area contributed by atoms with Gasteiger partial charge in [-0.05, 0) is 35.9 Å². The Balaban J connectivity index is 2.36. The second kappa shape index (κ2) is 5.79. The van der Waals surface area contributed by atoms with E-state index in [4.69, 9.17) is 5.11 Å². The van der Waals surface area contributed by atoms with Gasteiger partial charge in [0.15, 0.2) is 5.16 Å². The van der Waals surface area contributed by atoms with E-state index in [1.165, 1.54) is 17.8 Å². The molecule has 0 amide bonds. The van der Waals surface area contributed by atoms with Crippen molar-refractivity contribution in [1.82, 2.24) is 15.0 Å². The van der Waals surface area contributed by atoms with E-state index in [9.17, 15) is 4.79 Å². The third-order valence-corrected chi connectivity index (χ3v) is 3.21. The maximum absolute atomic E-state index is 11.1. The number of carboxylic acid groups (broad SMARTS) is 1. The van der Waals surface area contributed by atoms with E-state index >= 15 is 0 Å². The van der Waals surface area contributed by atoms with Crippen LogP contribution in [-0.4, -0.2) is 26.0 Å². The van der Waals surface area contributed by atoms with Crippen LogP contribution in [0.4, 0.5) is 0 Å². The highest BCUT2D eigenvalue weighted by atomic mass is 32.2. The molecule has 1 N–H and O–H groups in total. The number of aromatic carboxylic acids is 1. The van der Waals surface area contributed by atoms with E-state index in [-0.39, 0.29) is 11.5 Å². The lowest BCUT2D eigenvalue weighted by molar-refractivity contribution is 0.0696. The van der Waals surface area contributed by atoms with Gasteiger partial charge in [-0.3, -0.25) is 0 Å². The highest BCUT2D eigenvalue weighted by Gasteiger charge is 2.12. The third kappa shape index (κ3) is 3.51. The molecule has 98 valence electrons. The van der Waals surface area contributed by atoms with Crippen molar-refractivity contribution in [3.05, 3.63) is 41.9 Å². The molecule has 0 atom stereocenters. The molecule has 0 spiro atoms. The number of rotatable bonds is 4. The van der Waals surface area contributed by atoms with Gasteiger partial charge in [0.1, 0.15) is 5.03 Å². The van der Waals surface area contributed by atoms with Crippen molar-refractivity contribution < 1.29 is 9.90 Å². The van der Waals surface area contributed by atoms with Crippen LogP contribution in [-0.2, 0) is 0 Å². The molecule has 0 aliphatic heterocycles. The van der Waals surface area contributed by atoms with E-state index in [1.54, 1.807) is 24.5 Å². The maximum Gasteiger partial charge on any atom is 0.335 e. The summed E-state index contributed by atoms with van der Waals surface area (Å²) in [5.74, 6) is -0.796. The van der Waals surface area contributed by atoms with Crippen molar-refractivity contribution in [1.29, 1.82) is 0 Å². The van der Waals surface area contributed by atoms with Crippen molar-refractivity contribution in [2.75, 3.05) is 0 Å². The van der Waals surface area contributed by atoms with E-state index in [2.05, 4.69) is 15.0 Å². The van der Waals surface area contributed by atoms with Crippen molar-refractivity contribution in [2.45, 2.75) is 29.9 Å². The molecular formula is C13H13N3O2S. The first-order valence-electron chi connectivity index (χ1n) is 5.76. The summed E-state index contributed by atoms with van der Waals surface area (Å²) < 4.78 is 0. The molecule has 0 unspecified atom stereocenters. The monoisotopic (exact) mass is 275 g/mol. The molecule has 2 rings (SSSR count). The standard InChI is InChI=1S/C13H13N3O2S/c1-8(2)10-6-9(12(17)18)7-11(16-10)19-13-14-4-3-5-15-13/h3-8H,1-2H3,(H,17,18). The minimum absolute atomic E-state index is 0.162. The predicted octanol–water partition coefficient (Wildman–Crippen LogP) is 2.84. The van der Waals surface area contributed by atoms with Crippen molar-refractivity contribution >= 4 is 17.7 Å². The van der Waals surface area contributed by atoms with Gasteiger partial charge >= 0.3 is 5.97 Å². The number of hydrogen-bond donors (Lipinski definition) is 1. The highest BCUT2D eigenvalue weighted by molar-refractivity contribution is 7.99. The Bertz CT molecular complexity index is 588. The summed E-state index contributed by atoms with van der Waals surface area (Å²) >= 11 is 1.25. The van der Waals surface area contributed by atoms with Crippen LogP contribution >= 0.6 is 11.8 Å². The quantitative estimate of drug-likeness (QED) is 0.865. The van der Waals surface area contributed by atoms with Crippen LogP contribution in [0.5, 0.6) is 0 Å². The van der Waals surface area contributed by atoms with E-state index in [1.807, 2.05) is 13.8 Å². The zero-order valence-corrected chi connectivity index (χ0v) is 11.4. The van der Waals surface area contributed by atoms with Crippen LogP contribution in [0.15, 0.2) is 40.8 Å². The van der Waals surface area contributed by atoms with Crippen molar-refractivity contribution in [2.24, 2.45) is 0 Å². The Morgan fingerprint density at radius 3 is 2.53 bits per heavy atom. The molecule has 0 saturated carbocycles. The van der Waals surface area contributed by atoms with Crippen molar-refractivity contribution in [3.8, 4) is 0 Å².